The molecule has 0 radical (unpaired) electrons. The summed E-state index contributed by atoms with van der Waals surface area (Å²) in [5.41, 5.74) is 4.28. The first-order valence-electron chi connectivity index (χ1n) is 8.70. The normalized spacial score (nSPS) is 17.0. The second kappa shape index (κ2) is 7.51. The number of carbonyl (C=O) groups is 2. The van der Waals surface area contributed by atoms with Gasteiger partial charge in [-0.25, -0.2) is 0 Å². The number of rotatable bonds is 5. The van der Waals surface area contributed by atoms with Crippen LogP contribution in [0.2, 0.25) is 0 Å². The third-order valence-corrected chi connectivity index (χ3v) is 4.59. The topological polar surface area (TPSA) is 49.4 Å². The minimum atomic E-state index is 0.00633. The zero-order valence-electron chi connectivity index (χ0n) is 14.8. The third kappa shape index (κ3) is 4.47. The highest BCUT2D eigenvalue weighted by Crippen LogP contribution is 2.25. The fraction of sp³-hybridized carbons (Fsp3) is 0.333. The molecule has 4 nitrogen and oxygen atoms in total. The second-order valence-electron chi connectivity index (χ2n) is 6.88. The molecule has 4 heteroatoms. The molecule has 0 spiro atoms. The van der Waals surface area contributed by atoms with Gasteiger partial charge >= 0.3 is 0 Å². The molecule has 1 N–H and O–H groups in total. The summed E-state index contributed by atoms with van der Waals surface area (Å²) >= 11 is 0. The van der Waals surface area contributed by atoms with Crippen molar-refractivity contribution in [2.45, 2.75) is 26.7 Å². The number of hydrogen-bond acceptors (Lipinski definition) is 2. The van der Waals surface area contributed by atoms with Crippen LogP contribution in [0.3, 0.4) is 0 Å². The number of nitrogens with zero attached hydrogens (tertiary/aromatic N) is 1. The SMILES string of the molecule is Cc1ccc(N2CC(CNC(=O)Cc3cccc(C)c3)CC2=O)cc1. The summed E-state index contributed by atoms with van der Waals surface area (Å²) in [6.07, 6.45) is 0.864. The van der Waals surface area contributed by atoms with E-state index < -0.39 is 0 Å². The molecule has 1 atom stereocenters. The molecule has 1 aliphatic heterocycles. The molecule has 3 rings (SSSR count). The number of benzene rings is 2. The Kier molecular flexibility index (Phi) is 5.17. The van der Waals surface area contributed by atoms with E-state index >= 15 is 0 Å². The lowest BCUT2D eigenvalue weighted by molar-refractivity contribution is -0.121. The van der Waals surface area contributed by atoms with Crippen LogP contribution in [-0.4, -0.2) is 24.9 Å². The first-order valence-corrected chi connectivity index (χ1v) is 8.70. The number of carbonyl (C=O) groups excluding carboxylic acids is 2. The van der Waals surface area contributed by atoms with Gasteiger partial charge < -0.3 is 10.2 Å². The van der Waals surface area contributed by atoms with Gasteiger partial charge in [-0.15, -0.1) is 0 Å². The van der Waals surface area contributed by atoms with Gasteiger partial charge in [0.25, 0.3) is 0 Å². The molecule has 2 amide bonds. The van der Waals surface area contributed by atoms with Gasteiger partial charge in [-0.2, -0.15) is 0 Å². The van der Waals surface area contributed by atoms with Gasteiger partial charge in [-0.05, 0) is 31.5 Å². The zero-order valence-corrected chi connectivity index (χ0v) is 14.8. The van der Waals surface area contributed by atoms with Crippen LogP contribution >= 0.6 is 0 Å². The van der Waals surface area contributed by atoms with Crippen molar-refractivity contribution in [3.05, 3.63) is 65.2 Å². The van der Waals surface area contributed by atoms with Crippen molar-refractivity contribution in [3.63, 3.8) is 0 Å². The monoisotopic (exact) mass is 336 g/mol. The predicted octanol–water partition coefficient (Wildman–Crippen LogP) is 3.02. The first-order chi connectivity index (χ1) is 12.0. The summed E-state index contributed by atoms with van der Waals surface area (Å²) < 4.78 is 0. The lowest BCUT2D eigenvalue weighted by Crippen LogP contribution is -2.32. The molecule has 0 aliphatic carbocycles. The number of nitrogens with one attached hydrogen (secondary N) is 1. The van der Waals surface area contributed by atoms with Crippen molar-refractivity contribution >= 4 is 17.5 Å². The molecule has 1 saturated heterocycles. The number of amides is 2. The number of hydrogen-bond donors (Lipinski definition) is 1. The minimum Gasteiger partial charge on any atom is -0.355 e. The highest BCUT2D eigenvalue weighted by Gasteiger charge is 2.30. The maximum absolute atomic E-state index is 12.3. The van der Waals surface area contributed by atoms with Crippen LogP contribution in [0.15, 0.2) is 48.5 Å². The van der Waals surface area contributed by atoms with E-state index in [9.17, 15) is 9.59 Å². The summed E-state index contributed by atoms with van der Waals surface area (Å²) in [5.74, 6) is 0.295. The van der Waals surface area contributed by atoms with E-state index in [-0.39, 0.29) is 17.7 Å². The van der Waals surface area contributed by atoms with Gasteiger partial charge in [0.2, 0.25) is 11.8 Å². The van der Waals surface area contributed by atoms with Crippen molar-refractivity contribution in [2.75, 3.05) is 18.0 Å². The van der Waals surface area contributed by atoms with E-state index in [1.54, 1.807) is 0 Å². The van der Waals surface area contributed by atoms with E-state index in [2.05, 4.69) is 5.32 Å². The molecule has 0 saturated carbocycles. The average Bonchev–Trinajstić information content (AvgIpc) is 2.95. The average molecular weight is 336 g/mol. The van der Waals surface area contributed by atoms with Crippen molar-refractivity contribution in [2.24, 2.45) is 5.92 Å². The highest BCUT2D eigenvalue weighted by atomic mass is 16.2. The van der Waals surface area contributed by atoms with Crippen LogP contribution in [-0.2, 0) is 16.0 Å². The first kappa shape index (κ1) is 17.2. The van der Waals surface area contributed by atoms with Gasteiger partial charge in [0.1, 0.15) is 0 Å². The molecule has 2 aromatic carbocycles. The van der Waals surface area contributed by atoms with Crippen molar-refractivity contribution < 1.29 is 9.59 Å². The van der Waals surface area contributed by atoms with Crippen LogP contribution in [0.25, 0.3) is 0 Å². The Bertz CT molecular complexity index is 768. The molecule has 130 valence electrons. The van der Waals surface area contributed by atoms with Crippen LogP contribution in [0.1, 0.15) is 23.1 Å². The van der Waals surface area contributed by atoms with Crippen molar-refractivity contribution in [3.8, 4) is 0 Å². The summed E-state index contributed by atoms with van der Waals surface area (Å²) in [5, 5.41) is 2.98. The van der Waals surface area contributed by atoms with Gasteiger partial charge in [-0.3, -0.25) is 9.59 Å². The smallest absolute Gasteiger partial charge is 0.227 e. The Hall–Kier alpha value is -2.62. The van der Waals surface area contributed by atoms with Crippen LogP contribution < -0.4 is 10.2 Å². The highest BCUT2D eigenvalue weighted by molar-refractivity contribution is 5.95. The van der Waals surface area contributed by atoms with E-state index in [1.807, 2.05) is 67.3 Å². The van der Waals surface area contributed by atoms with Crippen molar-refractivity contribution in [1.29, 1.82) is 0 Å². The van der Waals surface area contributed by atoms with Crippen LogP contribution in [0.5, 0.6) is 0 Å². The van der Waals surface area contributed by atoms with Gasteiger partial charge in [-0.1, -0.05) is 47.5 Å². The lowest BCUT2D eigenvalue weighted by atomic mass is 10.1. The molecular weight excluding hydrogens is 312 g/mol. The van der Waals surface area contributed by atoms with E-state index in [0.717, 1.165) is 16.8 Å². The molecule has 0 bridgehead atoms. The van der Waals surface area contributed by atoms with Crippen molar-refractivity contribution in [1.82, 2.24) is 5.32 Å². The molecule has 0 aromatic heterocycles. The van der Waals surface area contributed by atoms with Crippen LogP contribution in [0, 0.1) is 19.8 Å². The Morgan fingerprint density at radius 2 is 1.88 bits per heavy atom. The van der Waals surface area contributed by atoms with E-state index in [1.165, 1.54) is 5.56 Å². The number of anilines is 1. The summed E-state index contributed by atoms with van der Waals surface area (Å²) in [6, 6.07) is 16.0. The zero-order chi connectivity index (χ0) is 17.8. The quantitative estimate of drug-likeness (QED) is 0.912. The summed E-state index contributed by atoms with van der Waals surface area (Å²) in [6.45, 7) is 5.25. The molecule has 2 aromatic rings. The Morgan fingerprint density at radius 1 is 1.12 bits per heavy atom. The third-order valence-electron chi connectivity index (χ3n) is 4.59. The van der Waals surface area contributed by atoms with Gasteiger partial charge in [0.15, 0.2) is 0 Å². The Morgan fingerprint density at radius 3 is 2.60 bits per heavy atom. The molecule has 1 aliphatic rings. The van der Waals surface area contributed by atoms with Crippen LogP contribution in [0.4, 0.5) is 5.69 Å². The second-order valence-corrected chi connectivity index (χ2v) is 6.88. The predicted molar refractivity (Wildman–Crippen MR) is 99.5 cm³/mol. The Balaban J connectivity index is 1.51. The minimum absolute atomic E-state index is 0.00633. The number of aryl methyl sites for hydroxylation is 2. The standard InChI is InChI=1S/C21H24N2O2/c1-15-6-8-19(9-7-15)23-14-18(12-21(23)25)13-22-20(24)11-17-5-3-4-16(2)10-17/h3-10,18H,11-14H2,1-2H3,(H,22,24). The Labute approximate surface area is 148 Å². The van der Waals surface area contributed by atoms with Gasteiger partial charge in [0, 0.05) is 31.1 Å². The molecule has 1 fully saturated rings. The summed E-state index contributed by atoms with van der Waals surface area (Å²) in [4.78, 5) is 26.2. The largest absolute Gasteiger partial charge is 0.355 e. The van der Waals surface area contributed by atoms with Gasteiger partial charge in [0.05, 0.1) is 6.42 Å². The fourth-order valence-electron chi connectivity index (χ4n) is 3.22. The molecular formula is C21H24N2O2. The molecule has 1 unspecified atom stereocenters. The van der Waals surface area contributed by atoms with E-state index in [4.69, 9.17) is 0 Å². The maximum Gasteiger partial charge on any atom is 0.227 e. The fourth-order valence-corrected chi connectivity index (χ4v) is 3.22. The summed E-state index contributed by atoms with van der Waals surface area (Å²) in [7, 11) is 0. The maximum atomic E-state index is 12.3. The van der Waals surface area contributed by atoms with E-state index in [0.29, 0.717) is 25.9 Å². The lowest BCUT2D eigenvalue weighted by Gasteiger charge is -2.17. The molecule has 1 heterocycles. The molecule has 25 heavy (non-hydrogen) atoms.